The highest BCUT2D eigenvalue weighted by atomic mass is 19.1. The first-order chi connectivity index (χ1) is 18.0. The maximum atomic E-state index is 13.9. The number of carbonyl (C=O) groups is 1. The molecule has 2 saturated heterocycles. The molecule has 3 aromatic rings. The van der Waals surface area contributed by atoms with E-state index < -0.39 is 5.60 Å². The molecule has 3 aliphatic rings. The highest BCUT2D eigenvalue weighted by molar-refractivity contribution is 5.79. The SMILES string of the molecule is COc1ccc(F)cc1CC1(O)CC2COCC(C1)N2C(=O)OCC1c2ccccc2-c2ccccc21. The standard InChI is InChI=1S/C30H30FNO5/c1-35-28-11-10-20(31)12-19(28)13-30(34)14-21-16-36-17-22(15-30)32(21)29(33)37-18-27-25-8-4-2-6-23(25)24-7-3-5-9-26(24)27/h2-12,21-22,27,34H,13-18H2,1H3. The molecule has 1 N–H and O–H groups in total. The van der Waals surface area contributed by atoms with Crippen molar-refractivity contribution in [2.75, 3.05) is 26.9 Å². The number of benzene rings is 3. The molecule has 1 aliphatic carbocycles. The number of methoxy groups -OCH3 is 1. The van der Waals surface area contributed by atoms with Crippen molar-refractivity contribution in [1.29, 1.82) is 0 Å². The number of ether oxygens (including phenoxy) is 3. The lowest BCUT2D eigenvalue weighted by Crippen LogP contribution is -2.64. The molecule has 3 aromatic carbocycles. The summed E-state index contributed by atoms with van der Waals surface area (Å²) in [7, 11) is 1.53. The van der Waals surface area contributed by atoms with Gasteiger partial charge < -0.3 is 19.3 Å². The van der Waals surface area contributed by atoms with Crippen LogP contribution in [0.2, 0.25) is 0 Å². The summed E-state index contributed by atoms with van der Waals surface area (Å²) in [5.74, 6) is 0.142. The van der Waals surface area contributed by atoms with Gasteiger partial charge in [0.1, 0.15) is 18.2 Å². The fourth-order valence-corrected chi connectivity index (χ4v) is 6.42. The van der Waals surface area contributed by atoms with Crippen molar-refractivity contribution < 1.29 is 28.5 Å². The lowest BCUT2D eigenvalue weighted by Gasteiger charge is -2.51. The second-order valence-corrected chi connectivity index (χ2v) is 10.3. The Balaban J connectivity index is 1.18. The number of hydrogen-bond acceptors (Lipinski definition) is 5. The fourth-order valence-electron chi connectivity index (χ4n) is 6.42. The maximum Gasteiger partial charge on any atom is 0.410 e. The van der Waals surface area contributed by atoms with E-state index in [0.717, 1.165) is 11.1 Å². The van der Waals surface area contributed by atoms with Gasteiger partial charge in [-0.2, -0.15) is 0 Å². The molecule has 2 heterocycles. The van der Waals surface area contributed by atoms with Crippen molar-refractivity contribution in [3.05, 3.63) is 89.2 Å². The van der Waals surface area contributed by atoms with Gasteiger partial charge in [0.25, 0.3) is 0 Å². The number of nitrogens with zero attached hydrogens (tertiary/aromatic N) is 1. The summed E-state index contributed by atoms with van der Waals surface area (Å²) in [4.78, 5) is 15.1. The predicted molar refractivity (Wildman–Crippen MR) is 136 cm³/mol. The largest absolute Gasteiger partial charge is 0.496 e. The van der Waals surface area contributed by atoms with Crippen molar-refractivity contribution in [3.63, 3.8) is 0 Å². The first-order valence-electron chi connectivity index (χ1n) is 12.7. The predicted octanol–water partition coefficient (Wildman–Crippen LogP) is 4.92. The molecule has 0 radical (unpaired) electrons. The molecule has 192 valence electrons. The molecule has 6 rings (SSSR count). The summed E-state index contributed by atoms with van der Waals surface area (Å²) in [5.41, 5.74) is 4.19. The van der Waals surface area contributed by atoms with Crippen LogP contribution in [0, 0.1) is 5.82 Å². The molecule has 0 spiro atoms. The summed E-state index contributed by atoms with van der Waals surface area (Å²) >= 11 is 0. The lowest BCUT2D eigenvalue weighted by atomic mass is 9.77. The van der Waals surface area contributed by atoms with Gasteiger partial charge in [0.05, 0.1) is 38.0 Å². The van der Waals surface area contributed by atoms with Gasteiger partial charge in [-0.05, 0) is 58.9 Å². The number of hydrogen-bond donors (Lipinski definition) is 1. The second kappa shape index (κ2) is 9.47. The Morgan fingerprint density at radius 2 is 1.65 bits per heavy atom. The van der Waals surface area contributed by atoms with E-state index >= 15 is 0 Å². The molecule has 6 nitrogen and oxygen atoms in total. The van der Waals surface area contributed by atoms with E-state index in [-0.39, 0.29) is 42.9 Å². The molecule has 2 aliphatic heterocycles. The Bertz CT molecular complexity index is 1270. The van der Waals surface area contributed by atoms with Crippen LogP contribution < -0.4 is 4.74 Å². The van der Waals surface area contributed by atoms with E-state index in [4.69, 9.17) is 14.2 Å². The highest BCUT2D eigenvalue weighted by Gasteiger charge is 2.49. The highest BCUT2D eigenvalue weighted by Crippen LogP contribution is 2.45. The lowest BCUT2D eigenvalue weighted by molar-refractivity contribution is -0.132. The van der Waals surface area contributed by atoms with E-state index in [1.54, 1.807) is 11.0 Å². The average molecular weight is 504 g/mol. The minimum absolute atomic E-state index is 0.0189. The van der Waals surface area contributed by atoms with Gasteiger partial charge >= 0.3 is 6.09 Å². The number of halogens is 1. The smallest absolute Gasteiger partial charge is 0.410 e. The fraction of sp³-hybridized carbons (Fsp3) is 0.367. The molecular formula is C30H30FNO5. The van der Waals surface area contributed by atoms with Crippen LogP contribution in [0.4, 0.5) is 9.18 Å². The Morgan fingerprint density at radius 3 is 2.27 bits per heavy atom. The number of piperidine rings is 1. The zero-order chi connectivity index (χ0) is 25.6. The Labute approximate surface area is 215 Å². The van der Waals surface area contributed by atoms with E-state index in [0.29, 0.717) is 37.4 Å². The van der Waals surface area contributed by atoms with Crippen molar-refractivity contribution >= 4 is 6.09 Å². The summed E-state index contributed by atoms with van der Waals surface area (Å²) in [5, 5.41) is 11.5. The van der Waals surface area contributed by atoms with Gasteiger partial charge in [0.15, 0.2) is 0 Å². The number of amides is 1. The van der Waals surface area contributed by atoms with E-state index in [1.165, 1.54) is 30.4 Å². The second-order valence-electron chi connectivity index (χ2n) is 10.3. The number of fused-ring (bicyclic) bond motifs is 5. The van der Waals surface area contributed by atoms with Crippen LogP contribution in [0.3, 0.4) is 0 Å². The van der Waals surface area contributed by atoms with Crippen molar-refractivity contribution in [2.45, 2.75) is 42.9 Å². The van der Waals surface area contributed by atoms with Crippen LogP contribution in [0.1, 0.15) is 35.4 Å². The van der Waals surface area contributed by atoms with Gasteiger partial charge in [-0.3, -0.25) is 4.90 Å². The van der Waals surface area contributed by atoms with Crippen LogP contribution in [0.15, 0.2) is 66.7 Å². The van der Waals surface area contributed by atoms with Gasteiger partial charge in [-0.15, -0.1) is 0 Å². The van der Waals surface area contributed by atoms with Crippen LogP contribution in [0.5, 0.6) is 5.75 Å². The van der Waals surface area contributed by atoms with Crippen LogP contribution in [-0.2, 0) is 15.9 Å². The van der Waals surface area contributed by atoms with Gasteiger partial charge in [-0.25, -0.2) is 9.18 Å². The number of rotatable bonds is 5. The van der Waals surface area contributed by atoms with Crippen LogP contribution >= 0.6 is 0 Å². The topological polar surface area (TPSA) is 68.2 Å². The third-order valence-electron chi connectivity index (χ3n) is 7.95. The van der Waals surface area contributed by atoms with Crippen molar-refractivity contribution in [1.82, 2.24) is 4.90 Å². The first kappa shape index (κ1) is 23.9. The van der Waals surface area contributed by atoms with E-state index in [2.05, 4.69) is 24.3 Å². The number of aliphatic hydroxyl groups is 1. The monoisotopic (exact) mass is 503 g/mol. The first-order valence-corrected chi connectivity index (χ1v) is 12.7. The van der Waals surface area contributed by atoms with Gasteiger partial charge in [-0.1, -0.05) is 48.5 Å². The zero-order valence-electron chi connectivity index (χ0n) is 20.7. The van der Waals surface area contributed by atoms with E-state index in [1.807, 2.05) is 24.3 Å². The zero-order valence-corrected chi connectivity index (χ0v) is 20.7. The molecule has 2 atom stereocenters. The molecule has 2 bridgehead atoms. The van der Waals surface area contributed by atoms with Crippen LogP contribution in [0.25, 0.3) is 11.1 Å². The Hall–Kier alpha value is -3.42. The van der Waals surface area contributed by atoms with Gasteiger partial charge in [0.2, 0.25) is 0 Å². The summed E-state index contributed by atoms with van der Waals surface area (Å²) in [6.07, 6.45) is 0.478. The number of morpholine rings is 1. The molecular weight excluding hydrogens is 473 g/mol. The third kappa shape index (κ3) is 4.36. The minimum atomic E-state index is -1.11. The third-order valence-corrected chi connectivity index (χ3v) is 7.95. The Morgan fingerprint density at radius 1 is 1.03 bits per heavy atom. The normalized spacial score (nSPS) is 24.4. The Kier molecular flexibility index (Phi) is 6.13. The maximum absolute atomic E-state index is 13.9. The average Bonchev–Trinajstić information content (AvgIpc) is 3.20. The van der Waals surface area contributed by atoms with Crippen LogP contribution in [-0.4, -0.2) is 60.7 Å². The van der Waals surface area contributed by atoms with Crippen molar-refractivity contribution in [2.24, 2.45) is 0 Å². The minimum Gasteiger partial charge on any atom is -0.496 e. The van der Waals surface area contributed by atoms with Crippen molar-refractivity contribution in [3.8, 4) is 16.9 Å². The molecule has 1 amide bonds. The molecule has 7 heteroatoms. The summed E-state index contributed by atoms with van der Waals surface area (Å²) in [6.45, 7) is 0.890. The van der Waals surface area contributed by atoms with E-state index in [9.17, 15) is 14.3 Å². The quantitative estimate of drug-likeness (QED) is 0.535. The molecule has 37 heavy (non-hydrogen) atoms. The van der Waals surface area contributed by atoms with Gasteiger partial charge in [0, 0.05) is 12.3 Å². The molecule has 2 fully saturated rings. The summed E-state index contributed by atoms with van der Waals surface area (Å²) in [6, 6.07) is 20.2. The molecule has 2 unspecified atom stereocenters. The number of carbonyl (C=O) groups excluding carboxylic acids is 1. The molecule has 0 saturated carbocycles. The molecule has 0 aromatic heterocycles. The summed E-state index contributed by atoms with van der Waals surface area (Å²) < 4.78 is 31.0.